The van der Waals surface area contributed by atoms with E-state index in [1.807, 2.05) is 11.6 Å². The van der Waals surface area contributed by atoms with E-state index in [4.69, 9.17) is 0 Å². The van der Waals surface area contributed by atoms with Gasteiger partial charge in [0.1, 0.15) is 0 Å². The van der Waals surface area contributed by atoms with Gasteiger partial charge in [-0.05, 0) is 54.0 Å². The Morgan fingerprint density at radius 3 is 2.58 bits per heavy atom. The van der Waals surface area contributed by atoms with Crippen molar-refractivity contribution in [2.45, 2.75) is 27.3 Å². The molecule has 0 unspecified atom stereocenters. The molecule has 0 fully saturated rings. The zero-order chi connectivity index (χ0) is 14.0. The summed E-state index contributed by atoms with van der Waals surface area (Å²) in [6.07, 6.45) is 0. The molecule has 0 radical (unpaired) electrons. The van der Waals surface area contributed by atoms with Crippen LogP contribution in [0.3, 0.4) is 0 Å². The van der Waals surface area contributed by atoms with Crippen molar-refractivity contribution >= 4 is 31.9 Å². The van der Waals surface area contributed by atoms with Crippen molar-refractivity contribution in [1.29, 1.82) is 0 Å². The van der Waals surface area contributed by atoms with E-state index in [-0.39, 0.29) is 0 Å². The number of halogens is 2. The molecule has 0 aliphatic heterocycles. The molecule has 0 saturated carbocycles. The van der Waals surface area contributed by atoms with Crippen molar-refractivity contribution in [3.63, 3.8) is 0 Å². The molecule has 1 aromatic heterocycles. The highest BCUT2D eigenvalue weighted by molar-refractivity contribution is 9.10. The van der Waals surface area contributed by atoms with E-state index in [9.17, 15) is 0 Å². The molecule has 0 aliphatic rings. The van der Waals surface area contributed by atoms with Gasteiger partial charge in [0, 0.05) is 11.0 Å². The summed E-state index contributed by atoms with van der Waals surface area (Å²) < 4.78 is 4.13. The molecule has 1 aromatic carbocycles. The summed E-state index contributed by atoms with van der Waals surface area (Å²) in [4.78, 5) is 0. The molecule has 1 N–H and O–H groups in total. The Morgan fingerprint density at radius 2 is 2.00 bits per heavy atom. The molecule has 2 rings (SSSR count). The van der Waals surface area contributed by atoms with Crippen LogP contribution in [0.4, 0.5) is 0 Å². The highest BCUT2D eigenvalue weighted by Gasteiger charge is 2.13. The highest BCUT2D eigenvalue weighted by atomic mass is 79.9. The van der Waals surface area contributed by atoms with Crippen molar-refractivity contribution < 1.29 is 0 Å². The lowest BCUT2D eigenvalue weighted by Crippen LogP contribution is -2.14. The smallest absolute Gasteiger partial charge is 0.0743 e. The van der Waals surface area contributed by atoms with Crippen LogP contribution in [0, 0.1) is 13.8 Å². The minimum Gasteiger partial charge on any atom is -0.313 e. The predicted molar refractivity (Wildman–Crippen MR) is 85.8 cm³/mol. The first-order valence-electron chi connectivity index (χ1n) is 6.25. The fraction of sp³-hybridized carbons (Fsp3) is 0.357. The number of nitrogens with zero attached hydrogens (tertiary/aromatic N) is 2. The molecule has 0 amide bonds. The van der Waals surface area contributed by atoms with Gasteiger partial charge >= 0.3 is 0 Å². The minimum absolute atomic E-state index is 0.842. The van der Waals surface area contributed by atoms with Gasteiger partial charge in [-0.1, -0.05) is 28.9 Å². The standard InChI is InChI=1S/C14H17Br2N3/c1-4-17-8-11-5-6-12(15)7-13(11)19-10(3)14(16)9(2)18-19/h5-7,17H,4,8H2,1-3H3. The van der Waals surface area contributed by atoms with Crippen LogP contribution in [0.1, 0.15) is 23.9 Å². The van der Waals surface area contributed by atoms with Crippen molar-refractivity contribution in [1.82, 2.24) is 15.1 Å². The zero-order valence-corrected chi connectivity index (χ0v) is 14.5. The lowest BCUT2D eigenvalue weighted by Gasteiger charge is -2.12. The maximum Gasteiger partial charge on any atom is 0.0743 e. The summed E-state index contributed by atoms with van der Waals surface area (Å²) >= 11 is 7.12. The van der Waals surface area contributed by atoms with Crippen LogP contribution in [-0.4, -0.2) is 16.3 Å². The van der Waals surface area contributed by atoms with Gasteiger partial charge in [0.2, 0.25) is 0 Å². The summed E-state index contributed by atoms with van der Waals surface area (Å²) in [6, 6.07) is 6.31. The zero-order valence-electron chi connectivity index (χ0n) is 11.3. The fourth-order valence-electron chi connectivity index (χ4n) is 2.00. The summed E-state index contributed by atoms with van der Waals surface area (Å²) in [7, 11) is 0. The topological polar surface area (TPSA) is 29.9 Å². The molecule has 102 valence electrons. The Hall–Kier alpha value is -0.650. The van der Waals surface area contributed by atoms with Crippen molar-refractivity contribution in [2.24, 2.45) is 0 Å². The Balaban J connectivity index is 2.52. The fourth-order valence-corrected chi connectivity index (χ4v) is 2.60. The quantitative estimate of drug-likeness (QED) is 0.856. The van der Waals surface area contributed by atoms with Crippen LogP contribution in [0.5, 0.6) is 0 Å². The van der Waals surface area contributed by atoms with E-state index in [2.05, 4.69) is 74.3 Å². The van der Waals surface area contributed by atoms with Gasteiger partial charge in [0.05, 0.1) is 21.5 Å². The number of hydrogen-bond acceptors (Lipinski definition) is 2. The van der Waals surface area contributed by atoms with Crippen LogP contribution in [0.2, 0.25) is 0 Å². The van der Waals surface area contributed by atoms with Gasteiger partial charge in [0.25, 0.3) is 0 Å². The minimum atomic E-state index is 0.842. The number of nitrogens with one attached hydrogen (secondary N) is 1. The molecule has 1 heterocycles. The Kier molecular flexibility index (Phi) is 4.81. The second kappa shape index (κ2) is 6.20. The normalized spacial score (nSPS) is 11.0. The molecule has 0 atom stereocenters. The number of rotatable bonds is 4. The number of aromatic nitrogens is 2. The van der Waals surface area contributed by atoms with E-state index in [0.717, 1.165) is 39.1 Å². The molecular formula is C14H17Br2N3. The Labute approximate surface area is 130 Å². The summed E-state index contributed by atoms with van der Waals surface area (Å²) in [5.74, 6) is 0. The van der Waals surface area contributed by atoms with Gasteiger partial charge in [-0.2, -0.15) is 5.10 Å². The first-order chi connectivity index (χ1) is 9.04. The van der Waals surface area contributed by atoms with E-state index >= 15 is 0 Å². The van der Waals surface area contributed by atoms with E-state index in [1.165, 1.54) is 5.56 Å². The summed E-state index contributed by atoms with van der Waals surface area (Å²) in [5, 5.41) is 7.98. The molecule has 5 heteroatoms. The van der Waals surface area contributed by atoms with Crippen LogP contribution >= 0.6 is 31.9 Å². The van der Waals surface area contributed by atoms with Gasteiger partial charge in [-0.3, -0.25) is 0 Å². The number of hydrogen-bond donors (Lipinski definition) is 1. The summed E-state index contributed by atoms with van der Waals surface area (Å²) in [5.41, 5.74) is 4.48. The monoisotopic (exact) mass is 385 g/mol. The molecule has 0 aliphatic carbocycles. The second-order valence-corrected chi connectivity index (χ2v) is 6.16. The molecular weight excluding hydrogens is 370 g/mol. The van der Waals surface area contributed by atoms with Crippen LogP contribution in [0.25, 0.3) is 5.69 Å². The molecule has 0 bridgehead atoms. The van der Waals surface area contributed by atoms with Crippen LogP contribution < -0.4 is 5.32 Å². The van der Waals surface area contributed by atoms with Crippen molar-refractivity contribution in [3.05, 3.63) is 44.1 Å². The second-order valence-electron chi connectivity index (χ2n) is 4.45. The van der Waals surface area contributed by atoms with Gasteiger partial charge < -0.3 is 5.32 Å². The number of aryl methyl sites for hydroxylation is 1. The molecule has 2 aromatic rings. The lowest BCUT2D eigenvalue weighted by molar-refractivity contribution is 0.713. The van der Waals surface area contributed by atoms with Crippen molar-refractivity contribution in [3.8, 4) is 5.69 Å². The maximum atomic E-state index is 4.61. The molecule has 0 spiro atoms. The van der Waals surface area contributed by atoms with Crippen molar-refractivity contribution in [2.75, 3.05) is 6.54 Å². The maximum absolute atomic E-state index is 4.61. The highest BCUT2D eigenvalue weighted by Crippen LogP contribution is 2.26. The predicted octanol–water partition coefficient (Wildman–Crippen LogP) is 4.12. The number of benzene rings is 1. The average molecular weight is 387 g/mol. The van der Waals surface area contributed by atoms with Crippen LogP contribution in [-0.2, 0) is 6.54 Å². The Morgan fingerprint density at radius 1 is 1.26 bits per heavy atom. The molecule has 0 saturated heterocycles. The van der Waals surface area contributed by atoms with E-state index < -0.39 is 0 Å². The van der Waals surface area contributed by atoms with Gasteiger partial charge in [-0.25, -0.2) is 4.68 Å². The summed E-state index contributed by atoms with van der Waals surface area (Å²) in [6.45, 7) is 7.99. The first-order valence-corrected chi connectivity index (χ1v) is 7.84. The van der Waals surface area contributed by atoms with Gasteiger partial charge in [0.15, 0.2) is 0 Å². The molecule has 3 nitrogen and oxygen atoms in total. The third-order valence-electron chi connectivity index (χ3n) is 3.04. The third-order valence-corrected chi connectivity index (χ3v) is 4.68. The van der Waals surface area contributed by atoms with E-state index in [0.29, 0.717) is 0 Å². The average Bonchev–Trinajstić information content (AvgIpc) is 2.65. The Bertz CT molecular complexity index is 591. The third kappa shape index (κ3) is 3.09. The largest absolute Gasteiger partial charge is 0.313 e. The first kappa shape index (κ1) is 14.8. The van der Waals surface area contributed by atoms with Gasteiger partial charge in [-0.15, -0.1) is 0 Å². The van der Waals surface area contributed by atoms with Crippen LogP contribution in [0.15, 0.2) is 27.1 Å². The lowest BCUT2D eigenvalue weighted by atomic mass is 10.1. The van der Waals surface area contributed by atoms with E-state index in [1.54, 1.807) is 0 Å². The molecule has 19 heavy (non-hydrogen) atoms. The SMILES string of the molecule is CCNCc1ccc(Br)cc1-n1nc(C)c(Br)c1C.